The highest BCUT2D eigenvalue weighted by Gasteiger charge is 2.28. The predicted octanol–water partition coefficient (Wildman–Crippen LogP) is 2.04. The Kier molecular flexibility index (Phi) is 4.27. The van der Waals surface area contributed by atoms with Crippen LogP contribution in [0.4, 0.5) is 0 Å². The number of amidine groups is 1. The summed E-state index contributed by atoms with van der Waals surface area (Å²) in [6, 6.07) is 7.05. The zero-order chi connectivity index (χ0) is 14.7. The van der Waals surface area contributed by atoms with E-state index in [0.717, 1.165) is 6.54 Å². The number of hydrogen-bond donors (Lipinski definition) is 2. The Morgan fingerprint density at radius 3 is 2.65 bits per heavy atom. The average molecular weight is 275 g/mol. The van der Waals surface area contributed by atoms with Crippen LogP contribution in [0.1, 0.15) is 42.6 Å². The highest BCUT2D eigenvalue weighted by molar-refractivity contribution is 6.01. The molecule has 0 bridgehead atoms. The summed E-state index contributed by atoms with van der Waals surface area (Å²) < 4.78 is 0. The summed E-state index contributed by atoms with van der Waals surface area (Å²) in [5.41, 5.74) is 6.69. The maximum atomic E-state index is 12.6. The maximum absolute atomic E-state index is 12.6. The fourth-order valence-electron chi connectivity index (χ4n) is 2.14. The van der Waals surface area contributed by atoms with Crippen LogP contribution in [-0.4, -0.2) is 34.4 Å². The number of rotatable bonds is 5. The zero-order valence-electron chi connectivity index (χ0n) is 11.9. The van der Waals surface area contributed by atoms with Gasteiger partial charge in [-0.05, 0) is 44.7 Å². The Morgan fingerprint density at radius 1 is 1.45 bits per heavy atom. The van der Waals surface area contributed by atoms with Gasteiger partial charge in [-0.1, -0.05) is 17.3 Å². The van der Waals surface area contributed by atoms with Gasteiger partial charge in [0.2, 0.25) is 0 Å². The van der Waals surface area contributed by atoms with Crippen molar-refractivity contribution in [3.05, 3.63) is 35.4 Å². The summed E-state index contributed by atoms with van der Waals surface area (Å²) in [5.74, 6) is 0.658. The summed E-state index contributed by atoms with van der Waals surface area (Å²) >= 11 is 0. The van der Waals surface area contributed by atoms with Crippen LogP contribution >= 0.6 is 0 Å². The molecule has 0 saturated heterocycles. The molecule has 1 amide bonds. The van der Waals surface area contributed by atoms with Crippen molar-refractivity contribution in [2.45, 2.75) is 32.7 Å². The Morgan fingerprint density at radius 2 is 2.10 bits per heavy atom. The van der Waals surface area contributed by atoms with Crippen LogP contribution in [0.2, 0.25) is 0 Å². The Bertz CT molecular complexity index is 522. The van der Waals surface area contributed by atoms with Gasteiger partial charge >= 0.3 is 0 Å². The van der Waals surface area contributed by atoms with E-state index in [1.54, 1.807) is 24.3 Å². The second-order valence-electron chi connectivity index (χ2n) is 5.56. The quantitative estimate of drug-likeness (QED) is 0.373. The molecule has 0 aromatic heterocycles. The summed E-state index contributed by atoms with van der Waals surface area (Å²) in [7, 11) is 0. The number of carbonyl (C=O) groups excluding carboxylic acids is 1. The SMILES string of the molecule is CC(C)N(CC1CC1)C(=O)c1cccc(C(N)=NO)c1. The summed E-state index contributed by atoms with van der Waals surface area (Å²) in [4.78, 5) is 14.5. The number of nitrogens with two attached hydrogens (primary N) is 1. The molecule has 0 radical (unpaired) electrons. The lowest BCUT2D eigenvalue weighted by atomic mass is 10.1. The standard InChI is InChI=1S/C15H21N3O2/c1-10(2)18(9-11-6-7-11)15(19)13-5-3-4-12(8-13)14(16)17-20/h3-5,8,10-11,20H,6-7,9H2,1-2H3,(H2,16,17). The highest BCUT2D eigenvalue weighted by Crippen LogP contribution is 2.30. The van der Waals surface area contributed by atoms with E-state index < -0.39 is 0 Å². The number of hydrogen-bond acceptors (Lipinski definition) is 3. The third-order valence-corrected chi connectivity index (χ3v) is 3.55. The highest BCUT2D eigenvalue weighted by atomic mass is 16.4. The van der Waals surface area contributed by atoms with Crippen LogP contribution in [0.25, 0.3) is 0 Å². The van der Waals surface area contributed by atoms with Gasteiger partial charge in [0.15, 0.2) is 5.84 Å². The lowest BCUT2D eigenvalue weighted by Gasteiger charge is -2.27. The van der Waals surface area contributed by atoms with Gasteiger partial charge in [0.25, 0.3) is 5.91 Å². The molecule has 1 aliphatic rings. The second-order valence-corrected chi connectivity index (χ2v) is 5.56. The first-order valence-electron chi connectivity index (χ1n) is 6.92. The number of nitrogens with zero attached hydrogens (tertiary/aromatic N) is 2. The first-order chi connectivity index (χ1) is 9.52. The van der Waals surface area contributed by atoms with E-state index in [1.807, 2.05) is 18.7 Å². The third kappa shape index (κ3) is 3.29. The van der Waals surface area contributed by atoms with Crippen LogP contribution in [0, 0.1) is 5.92 Å². The van der Waals surface area contributed by atoms with E-state index in [4.69, 9.17) is 10.9 Å². The first kappa shape index (κ1) is 14.4. The molecule has 0 spiro atoms. The zero-order valence-corrected chi connectivity index (χ0v) is 11.9. The van der Waals surface area contributed by atoms with Gasteiger partial charge in [-0.25, -0.2) is 0 Å². The van der Waals surface area contributed by atoms with Crippen LogP contribution in [0.3, 0.4) is 0 Å². The van der Waals surface area contributed by atoms with Crippen LogP contribution < -0.4 is 5.73 Å². The normalized spacial score (nSPS) is 15.4. The predicted molar refractivity (Wildman–Crippen MR) is 77.8 cm³/mol. The van der Waals surface area contributed by atoms with Gasteiger partial charge in [-0.3, -0.25) is 4.79 Å². The van der Waals surface area contributed by atoms with E-state index >= 15 is 0 Å². The van der Waals surface area contributed by atoms with Crippen molar-refractivity contribution in [3.8, 4) is 0 Å². The lowest BCUT2D eigenvalue weighted by molar-refractivity contribution is 0.0696. The maximum Gasteiger partial charge on any atom is 0.254 e. The van der Waals surface area contributed by atoms with Crippen LogP contribution in [-0.2, 0) is 0 Å². The Hall–Kier alpha value is -2.04. The molecule has 5 nitrogen and oxygen atoms in total. The van der Waals surface area contributed by atoms with E-state index in [-0.39, 0.29) is 17.8 Å². The van der Waals surface area contributed by atoms with Crippen molar-refractivity contribution in [3.63, 3.8) is 0 Å². The summed E-state index contributed by atoms with van der Waals surface area (Å²) in [6.45, 7) is 4.85. The molecule has 2 rings (SSSR count). The smallest absolute Gasteiger partial charge is 0.254 e. The fourth-order valence-corrected chi connectivity index (χ4v) is 2.14. The Labute approximate surface area is 119 Å². The number of oxime groups is 1. The minimum Gasteiger partial charge on any atom is -0.409 e. The monoisotopic (exact) mass is 275 g/mol. The number of benzene rings is 1. The molecule has 1 fully saturated rings. The molecule has 1 aliphatic carbocycles. The third-order valence-electron chi connectivity index (χ3n) is 3.55. The number of carbonyl (C=O) groups is 1. The van der Waals surface area contributed by atoms with Gasteiger partial charge in [-0.15, -0.1) is 0 Å². The van der Waals surface area contributed by atoms with Crippen molar-refractivity contribution in [1.29, 1.82) is 0 Å². The summed E-state index contributed by atoms with van der Waals surface area (Å²) in [5, 5.41) is 11.7. The van der Waals surface area contributed by atoms with E-state index in [0.29, 0.717) is 17.0 Å². The average Bonchev–Trinajstić information content (AvgIpc) is 3.27. The van der Waals surface area contributed by atoms with Crippen molar-refractivity contribution in [2.75, 3.05) is 6.54 Å². The van der Waals surface area contributed by atoms with Crippen molar-refractivity contribution in [2.24, 2.45) is 16.8 Å². The van der Waals surface area contributed by atoms with Gasteiger partial charge in [0.05, 0.1) is 0 Å². The number of amides is 1. The van der Waals surface area contributed by atoms with E-state index in [9.17, 15) is 4.79 Å². The van der Waals surface area contributed by atoms with Gasteiger partial charge in [-0.2, -0.15) is 0 Å². The summed E-state index contributed by atoms with van der Waals surface area (Å²) in [6.07, 6.45) is 2.42. The molecule has 0 heterocycles. The topological polar surface area (TPSA) is 78.9 Å². The molecule has 0 aliphatic heterocycles. The van der Waals surface area contributed by atoms with E-state index in [2.05, 4.69) is 5.16 Å². The molecule has 0 unspecified atom stereocenters. The molecule has 1 aromatic rings. The van der Waals surface area contributed by atoms with Crippen LogP contribution in [0.15, 0.2) is 29.4 Å². The van der Waals surface area contributed by atoms with Gasteiger partial charge in [0, 0.05) is 23.7 Å². The molecular formula is C15H21N3O2. The van der Waals surface area contributed by atoms with Crippen LogP contribution in [0.5, 0.6) is 0 Å². The fraction of sp³-hybridized carbons (Fsp3) is 0.467. The molecular weight excluding hydrogens is 254 g/mol. The van der Waals surface area contributed by atoms with Gasteiger partial charge < -0.3 is 15.8 Å². The molecule has 1 saturated carbocycles. The first-order valence-corrected chi connectivity index (χ1v) is 6.92. The minimum atomic E-state index is -0.000472. The van der Waals surface area contributed by atoms with Crippen molar-refractivity contribution in [1.82, 2.24) is 4.90 Å². The minimum absolute atomic E-state index is 0.000472. The second kappa shape index (κ2) is 5.94. The molecule has 108 valence electrons. The Balaban J connectivity index is 2.21. The molecule has 1 aromatic carbocycles. The van der Waals surface area contributed by atoms with Gasteiger partial charge in [0.1, 0.15) is 0 Å². The largest absolute Gasteiger partial charge is 0.409 e. The van der Waals surface area contributed by atoms with E-state index in [1.165, 1.54) is 12.8 Å². The van der Waals surface area contributed by atoms with Crippen molar-refractivity contribution < 1.29 is 10.0 Å². The molecule has 0 atom stereocenters. The molecule has 3 N–H and O–H groups in total. The molecule has 5 heteroatoms. The molecule has 20 heavy (non-hydrogen) atoms. The van der Waals surface area contributed by atoms with Crippen molar-refractivity contribution >= 4 is 11.7 Å². The lowest BCUT2D eigenvalue weighted by Crippen LogP contribution is -2.38.